The summed E-state index contributed by atoms with van der Waals surface area (Å²) in [5, 5.41) is 4.07. The van der Waals surface area contributed by atoms with Crippen LogP contribution in [0.4, 0.5) is 5.69 Å². The van der Waals surface area contributed by atoms with Crippen LogP contribution in [0.2, 0.25) is 5.02 Å². The Bertz CT molecular complexity index is 528. The summed E-state index contributed by atoms with van der Waals surface area (Å²) >= 11 is 9.30. The van der Waals surface area contributed by atoms with E-state index in [9.17, 15) is 0 Å². The molecule has 2 nitrogen and oxygen atoms in total. The van der Waals surface area contributed by atoms with Crippen molar-refractivity contribution in [2.75, 3.05) is 12.4 Å². The number of nitrogens with one attached hydrogen (secondary N) is 1. The Morgan fingerprint density at radius 1 is 1.17 bits per heavy atom. The maximum atomic E-state index is 5.84. The molecule has 0 saturated heterocycles. The molecule has 18 heavy (non-hydrogen) atoms. The number of rotatable bonds is 4. The summed E-state index contributed by atoms with van der Waals surface area (Å²) in [5.41, 5.74) is 2.13. The van der Waals surface area contributed by atoms with Gasteiger partial charge in [0, 0.05) is 27.3 Å². The second kappa shape index (κ2) is 6.12. The largest absolute Gasteiger partial charge is 0.496 e. The zero-order valence-electron chi connectivity index (χ0n) is 9.91. The minimum atomic E-state index is 0.699. The van der Waals surface area contributed by atoms with E-state index >= 15 is 0 Å². The average Bonchev–Trinajstić information content (AvgIpc) is 2.38. The summed E-state index contributed by atoms with van der Waals surface area (Å²) in [6.07, 6.45) is 0. The first-order chi connectivity index (χ1) is 8.69. The summed E-state index contributed by atoms with van der Waals surface area (Å²) < 4.78 is 6.36. The molecular formula is C14H13BrClNO. The molecule has 2 aromatic rings. The number of halogens is 2. The minimum absolute atomic E-state index is 0.699. The molecule has 0 radical (unpaired) electrons. The molecule has 0 bridgehead atoms. The average molecular weight is 327 g/mol. The molecule has 0 saturated carbocycles. The molecular weight excluding hydrogens is 314 g/mol. The van der Waals surface area contributed by atoms with Gasteiger partial charge in [-0.05, 0) is 42.5 Å². The molecule has 94 valence electrons. The first kappa shape index (κ1) is 13.2. The maximum Gasteiger partial charge on any atom is 0.123 e. The Labute approximate surface area is 120 Å². The minimum Gasteiger partial charge on any atom is -0.496 e. The van der Waals surface area contributed by atoms with Gasteiger partial charge in [0.15, 0.2) is 0 Å². The molecule has 0 amide bonds. The third kappa shape index (κ3) is 3.40. The lowest BCUT2D eigenvalue weighted by Gasteiger charge is -2.11. The van der Waals surface area contributed by atoms with Crippen LogP contribution in [-0.2, 0) is 6.54 Å². The van der Waals surface area contributed by atoms with Gasteiger partial charge in [0.1, 0.15) is 5.75 Å². The lowest BCUT2D eigenvalue weighted by atomic mass is 10.2. The molecule has 0 spiro atoms. The van der Waals surface area contributed by atoms with Crippen molar-refractivity contribution in [2.45, 2.75) is 6.54 Å². The van der Waals surface area contributed by atoms with Crippen LogP contribution < -0.4 is 10.1 Å². The van der Waals surface area contributed by atoms with Gasteiger partial charge in [0.2, 0.25) is 0 Å². The van der Waals surface area contributed by atoms with E-state index < -0.39 is 0 Å². The maximum absolute atomic E-state index is 5.84. The second-order valence-corrected chi connectivity index (χ2v) is 5.17. The van der Waals surface area contributed by atoms with E-state index in [0.717, 1.165) is 26.5 Å². The van der Waals surface area contributed by atoms with Gasteiger partial charge in [-0.15, -0.1) is 0 Å². The molecule has 0 fully saturated rings. The Hall–Kier alpha value is -1.19. The highest BCUT2D eigenvalue weighted by Crippen LogP contribution is 2.24. The number of anilines is 1. The van der Waals surface area contributed by atoms with Gasteiger partial charge in [-0.3, -0.25) is 0 Å². The van der Waals surface area contributed by atoms with E-state index in [4.69, 9.17) is 16.3 Å². The second-order valence-electron chi connectivity index (χ2n) is 3.82. The van der Waals surface area contributed by atoms with Gasteiger partial charge in [-0.1, -0.05) is 27.5 Å². The van der Waals surface area contributed by atoms with Crippen LogP contribution in [0.3, 0.4) is 0 Å². The summed E-state index contributed by atoms with van der Waals surface area (Å²) in [6.45, 7) is 0.699. The molecule has 0 aliphatic heterocycles. The number of hydrogen-bond acceptors (Lipinski definition) is 2. The topological polar surface area (TPSA) is 21.3 Å². The number of ether oxygens (including phenoxy) is 1. The molecule has 2 aromatic carbocycles. The number of hydrogen-bond donors (Lipinski definition) is 1. The molecule has 1 N–H and O–H groups in total. The Balaban J connectivity index is 2.09. The van der Waals surface area contributed by atoms with Crippen LogP contribution in [0.1, 0.15) is 5.56 Å². The summed E-state index contributed by atoms with van der Waals surface area (Å²) in [5.74, 6) is 0.875. The SMILES string of the molecule is COc1ccc(Br)cc1CNc1ccc(Cl)cc1. The summed E-state index contributed by atoms with van der Waals surface area (Å²) in [4.78, 5) is 0. The van der Waals surface area contributed by atoms with Gasteiger partial charge in [0.25, 0.3) is 0 Å². The van der Waals surface area contributed by atoms with Crippen molar-refractivity contribution < 1.29 is 4.74 Å². The lowest BCUT2D eigenvalue weighted by Crippen LogP contribution is -2.01. The Morgan fingerprint density at radius 2 is 1.89 bits per heavy atom. The van der Waals surface area contributed by atoms with Crippen molar-refractivity contribution in [1.82, 2.24) is 0 Å². The van der Waals surface area contributed by atoms with E-state index in [2.05, 4.69) is 21.2 Å². The van der Waals surface area contributed by atoms with Crippen molar-refractivity contribution in [1.29, 1.82) is 0 Å². The van der Waals surface area contributed by atoms with E-state index in [1.807, 2.05) is 42.5 Å². The lowest BCUT2D eigenvalue weighted by molar-refractivity contribution is 0.410. The molecule has 4 heteroatoms. The van der Waals surface area contributed by atoms with Gasteiger partial charge in [-0.2, -0.15) is 0 Å². The quantitative estimate of drug-likeness (QED) is 0.877. The van der Waals surface area contributed by atoms with Crippen molar-refractivity contribution in [2.24, 2.45) is 0 Å². The molecule has 0 aliphatic rings. The molecule has 2 rings (SSSR count). The van der Waals surface area contributed by atoms with Crippen LogP contribution in [0.15, 0.2) is 46.9 Å². The van der Waals surface area contributed by atoms with Crippen LogP contribution in [-0.4, -0.2) is 7.11 Å². The van der Waals surface area contributed by atoms with E-state index in [0.29, 0.717) is 6.54 Å². The molecule has 0 heterocycles. The summed E-state index contributed by atoms with van der Waals surface area (Å²) in [7, 11) is 1.68. The standard InChI is InChI=1S/C14H13BrClNO/c1-18-14-7-2-11(15)8-10(14)9-17-13-5-3-12(16)4-6-13/h2-8,17H,9H2,1H3. The van der Waals surface area contributed by atoms with E-state index in [1.54, 1.807) is 7.11 Å². The first-order valence-corrected chi connectivity index (χ1v) is 6.68. The number of benzene rings is 2. The fourth-order valence-corrected chi connectivity index (χ4v) is 2.18. The van der Waals surface area contributed by atoms with Crippen molar-refractivity contribution in [3.8, 4) is 5.75 Å². The van der Waals surface area contributed by atoms with Gasteiger partial charge in [-0.25, -0.2) is 0 Å². The van der Waals surface area contributed by atoms with E-state index in [1.165, 1.54) is 0 Å². The fourth-order valence-electron chi connectivity index (χ4n) is 1.65. The highest BCUT2D eigenvalue weighted by atomic mass is 79.9. The Morgan fingerprint density at radius 3 is 2.56 bits per heavy atom. The zero-order chi connectivity index (χ0) is 13.0. The third-order valence-electron chi connectivity index (χ3n) is 2.57. The third-order valence-corrected chi connectivity index (χ3v) is 3.31. The predicted molar refractivity (Wildman–Crippen MR) is 79.5 cm³/mol. The van der Waals surface area contributed by atoms with Gasteiger partial charge >= 0.3 is 0 Å². The molecule has 0 aliphatic carbocycles. The van der Waals surface area contributed by atoms with Crippen molar-refractivity contribution in [3.63, 3.8) is 0 Å². The smallest absolute Gasteiger partial charge is 0.123 e. The predicted octanol–water partition coefficient (Wildman–Crippen LogP) is 4.72. The monoisotopic (exact) mass is 325 g/mol. The van der Waals surface area contributed by atoms with Gasteiger partial charge in [0.05, 0.1) is 7.11 Å². The summed E-state index contributed by atoms with van der Waals surface area (Å²) in [6, 6.07) is 13.6. The normalized spacial score (nSPS) is 10.2. The zero-order valence-corrected chi connectivity index (χ0v) is 12.3. The highest BCUT2D eigenvalue weighted by Gasteiger charge is 2.03. The van der Waals surface area contributed by atoms with Crippen LogP contribution in [0.25, 0.3) is 0 Å². The highest BCUT2D eigenvalue weighted by molar-refractivity contribution is 9.10. The first-order valence-electron chi connectivity index (χ1n) is 5.51. The molecule has 0 aromatic heterocycles. The van der Waals surface area contributed by atoms with Crippen molar-refractivity contribution >= 4 is 33.2 Å². The van der Waals surface area contributed by atoms with Crippen molar-refractivity contribution in [3.05, 3.63) is 57.5 Å². The van der Waals surface area contributed by atoms with E-state index in [-0.39, 0.29) is 0 Å². The van der Waals surface area contributed by atoms with Crippen LogP contribution in [0, 0.1) is 0 Å². The fraction of sp³-hybridized carbons (Fsp3) is 0.143. The molecule has 0 unspecified atom stereocenters. The Kier molecular flexibility index (Phi) is 4.50. The van der Waals surface area contributed by atoms with Gasteiger partial charge < -0.3 is 10.1 Å². The van der Waals surface area contributed by atoms with Crippen LogP contribution in [0.5, 0.6) is 5.75 Å². The van der Waals surface area contributed by atoms with Crippen LogP contribution >= 0.6 is 27.5 Å². The number of methoxy groups -OCH3 is 1. The molecule has 0 atom stereocenters.